The van der Waals surface area contributed by atoms with E-state index in [1.54, 1.807) is 6.92 Å². The van der Waals surface area contributed by atoms with Crippen LogP contribution in [0.2, 0.25) is 0 Å². The van der Waals surface area contributed by atoms with Gasteiger partial charge in [0, 0.05) is 6.07 Å². The number of benzene rings is 1. The second-order valence-corrected chi connectivity index (χ2v) is 4.32. The summed E-state index contributed by atoms with van der Waals surface area (Å²) in [4.78, 5) is 32.5. The first-order valence-electron chi connectivity index (χ1n) is 6.31. The Bertz CT molecular complexity index is 553. The topological polar surface area (TPSA) is 147 Å². The fourth-order valence-corrected chi connectivity index (χ4v) is 1.90. The SMILES string of the molecule is CCOC(=O)CC(O)C(O)c1c(C(=O)O)cccc1[N+](=O)[O-]. The van der Waals surface area contributed by atoms with E-state index in [0.717, 1.165) is 18.2 Å². The number of aromatic carboxylic acids is 1. The predicted molar refractivity (Wildman–Crippen MR) is 72.3 cm³/mol. The lowest BCUT2D eigenvalue weighted by molar-refractivity contribution is -0.386. The highest BCUT2D eigenvalue weighted by atomic mass is 16.6. The van der Waals surface area contributed by atoms with Crippen molar-refractivity contribution in [3.8, 4) is 0 Å². The normalized spacial score (nSPS) is 13.2. The second kappa shape index (κ2) is 7.48. The highest BCUT2D eigenvalue weighted by molar-refractivity contribution is 5.91. The number of carboxylic acid groups (broad SMARTS) is 1. The summed E-state index contributed by atoms with van der Waals surface area (Å²) in [5.74, 6) is -2.31. The number of carbonyl (C=O) groups is 2. The minimum absolute atomic E-state index is 0.0630. The third-order valence-electron chi connectivity index (χ3n) is 2.85. The molecule has 0 aliphatic rings. The standard InChI is InChI=1S/C13H15NO8/c1-2-22-10(16)6-9(15)12(17)11-7(13(18)19)4-3-5-8(11)14(20)21/h3-5,9,12,15,17H,2,6H2,1H3,(H,18,19). The minimum atomic E-state index is -1.92. The summed E-state index contributed by atoms with van der Waals surface area (Å²) in [5.41, 5.74) is -1.74. The number of hydrogen-bond acceptors (Lipinski definition) is 7. The van der Waals surface area contributed by atoms with E-state index in [-0.39, 0.29) is 6.61 Å². The average Bonchev–Trinajstić information content (AvgIpc) is 2.45. The van der Waals surface area contributed by atoms with Gasteiger partial charge in [0.15, 0.2) is 0 Å². The molecule has 0 spiro atoms. The maximum Gasteiger partial charge on any atom is 0.336 e. The molecule has 0 aliphatic heterocycles. The van der Waals surface area contributed by atoms with E-state index in [1.807, 2.05) is 0 Å². The number of esters is 1. The van der Waals surface area contributed by atoms with Crippen molar-refractivity contribution in [3.05, 3.63) is 39.4 Å². The molecule has 3 N–H and O–H groups in total. The Morgan fingerprint density at radius 1 is 1.36 bits per heavy atom. The summed E-state index contributed by atoms with van der Waals surface area (Å²) in [6.07, 6.45) is -4.28. The van der Waals surface area contributed by atoms with E-state index in [9.17, 15) is 29.9 Å². The van der Waals surface area contributed by atoms with Crippen LogP contribution in [0.4, 0.5) is 5.69 Å². The molecule has 9 heteroatoms. The maximum atomic E-state index is 11.3. The van der Waals surface area contributed by atoms with Gasteiger partial charge in [0.2, 0.25) is 0 Å². The van der Waals surface area contributed by atoms with Crippen LogP contribution in [0.3, 0.4) is 0 Å². The average molecular weight is 313 g/mol. The Balaban J connectivity index is 3.20. The predicted octanol–water partition coefficient (Wildman–Crippen LogP) is 0.641. The van der Waals surface area contributed by atoms with Crippen LogP contribution in [0.1, 0.15) is 35.4 Å². The van der Waals surface area contributed by atoms with Crippen molar-refractivity contribution in [2.75, 3.05) is 6.61 Å². The van der Waals surface area contributed by atoms with Gasteiger partial charge in [-0.3, -0.25) is 14.9 Å². The van der Waals surface area contributed by atoms with Crippen molar-refractivity contribution in [2.45, 2.75) is 25.6 Å². The van der Waals surface area contributed by atoms with Crippen LogP contribution in [0, 0.1) is 10.1 Å². The van der Waals surface area contributed by atoms with E-state index in [4.69, 9.17) is 5.11 Å². The second-order valence-electron chi connectivity index (χ2n) is 4.32. The largest absolute Gasteiger partial charge is 0.478 e. The van der Waals surface area contributed by atoms with E-state index in [0.29, 0.717) is 0 Å². The molecule has 0 saturated carbocycles. The fourth-order valence-electron chi connectivity index (χ4n) is 1.90. The van der Waals surface area contributed by atoms with Crippen LogP contribution in [0.25, 0.3) is 0 Å². The number of nitro groups is 1. The third kappa shape index (κ3) is 3.99. The van der Waals surface area contributed by atoms with E-state index in [1.165, 1.54) is 0 Å². The summed E-state index contributed by atoms with van der Waals surface area (Å²) in [5, 5.41) is 39.9. The van der Waals surface area contributed by atoms with Crippen LogP contribution < -0.4 is 0 Å². The molecular formula is C13H15NO8. The summed E-state index contributed by atoms with van der Waals surface area (Å²) in [6, 6.07) is 3.21. The molecule has 0 aliphatic carbocycles. The summed E-state index contributed by atoms with van der Waals surface area (Å²) in [6.45, 7) is 1.61. The smallest absolute Gasteiger partial charge is 0.336 e. The molecule has 1 aromatic rings. The van der Waals surface area contributed by atoms with E-state index < -0.39 is 52.3 Å². The number of hydrogen-bond donors (Lipinski definition) is 3. The highest BCUT2D eigenvalue weighted by Gasteiger charge is 2.32. The molecule has 0 saturated heterocycles. The fraction of sp³-hybridized carbons (Fsp3) is 0.385. The first kappa shape index (κ1) is 17.5. The van der Waals surface area contributed by atoms with Crippen molar-refractivity contribution < 1.29 is 34.6 Å². The molecule has 0 amide bonds. The van der Waals surface area contributed by atoms with Crippen molar-refractivity contribution in [2.24, 2.45) is 0 Å². The maximum absolute atomic E-state index is 11.3. The van der Waals surface area contributed by atoms with Gasteiger partial charge in [-0.25, -0.2) is 4.79 Å². The molecule has 22 heavy (non-hydrogen) atoms. The van der Waals surface area contributed by atoms with Gasteiger partial charge in [-0.2, -0.15) is 0 Å². The molecule has 0 aromatic heterocycles. The first-order chi connectivity index (χ1) is 10.3. The summed E-state index contributed by atoms with van der Waals surface area (Å²) < 4.78 is 4.59. The lowest BCUT2D eigenvalue weighted by Crippen LogP contribution is -2.25. The molecule has 0 fully saturated rings. The number of carbonyl (C=O) groups excluding carboxylic acids is 1. The van der Waals surface area contributed by atoms with Gasteiger partial charge in [0.25, 0.3) is 5.69 Å². The molecule has 0 radical (unpaired) electrons. The molecular weight excluding hydrogens is 298 g/mol. The molecule has 2 atom stereocenters. The molecule has 2 unspecified atom stereocenters. The zero-order valence-electron chi connectivity index (χ0n) is 11.6. The van der Waals surface area contributed by atoms with Crippen LogP contribution in [0.5, 0.6) is 0 Å². The summed E-state index contributed by atoms with van der Waals surface area (Å²) in [7, 11) is 0. The Morgan fingerprint density at radius 2 is 2.00 bits per heavy atom. The Labute approximate surface area is 124 Å². The van der Waals surface area contributed by atoms with E-state index in [2.05, 4.69) is 4.74 Å². The molecule has 9 nitrogen and oxygen atoms in total. The highest BCUT2D eigenvalue weighted by Crippen LogP contribution is 2.31. The van der Waals surface area contributed by atoms with Crippen molar-refractivity contribution in [1.29, 1.82) is 0 Å². The zero-order chi connectivity index (χ0) is 16.9. The number of aliphatic hydroxyl groups is 2. The lowest BCUT2D eigenvalue weighted by Gasteiger charge is -2.19. The monoisotopic (exact) mass is 313 g/mol. The number of aliphatic hydroxyl groups excluding tert-OH is 2. The first-order valence-corrected chi connectivity index (χ1v) is 6.31. The van der Waals surface area contributed by atoms with Gasteiger partial charge < -0.3 is 20.1 Å². The lowest BCUT2D eigenvalue weighted by atomic mass is 9.95. The van der Waals surface area contributed by atoms with Crippen LogP contribution in [-0.2, 0) is 9.53 Å². The molecule has 0 heterocycles. The van der Waals surface area contributed by atoms with Crippen LogP contribution >= 0.6 is 0 Å². The Kier molecular flexibility index (Phi) is 5.96. The summed E-state index contributed by atoms with van der Waals surface area (Å²) >= 11 is 0. The van der Waals surface area contributed by atoms with Gasteiger partial charge in [-0.1, -0.05) is 6.07 Å². The van der Waals surface area contributed by atoms with Crippen LogP contribution in [-0.4, -0.2) is 44.9 Å². The van der Waals surface area contributed by atoms with Crippen LogP contribution in [0.15, 0.2) is 18.2 Å². The number of nitrogens with zero attached hydrogens (tertiary/aromatic N) is 1. The van der Waals surface area contributed by atoms with Gasteiger partial charge in [-0.05, 0) is 13.0 Å². The zero-order valence-corrected chi connectivity index (χ0v) is 11.6. The van der Waals surface area contributed by atoms with Gasteiger partial charge in [0.05, 0.1) is 35.2 Å². The molecule has 1 aromatic carbocycles. The number of carboxylic acids is 1. The van der Waals surface area contributed by atoms with Crippen molar-refractivity contribution in [3.63, 3.8) is 0 Å². The van der Waals surface area contributed by atoms with E-state index >= 15 is 0 Å². The number of rotatable bonds is 7. The Hall–Kier alpha value is -2.52. The van der Waals surface area contributed by atoms with Crippen molar-refractivity contribution in [1.82, 2.24) is 0 Å². The van der Waals surface area contributed by atoms with Gasteiger partial charge in [0.1, 0.15) is 6.10 Å². The van der Waals surface area contributed by atoms with Gasteiger partial charge >= 0.3 is 11.9 Å². The van der Waals surface area contributed by atoms with Gasteiger partial charge in [-0.15, -0.1) is 0 Å². The third-order valence-corrected chi connectivity index (χ3v) is 2.85. The Morgan fingerprint density at radius 3 is 2.50 bits per heavy atom. The quantitative estimate of drug-likeness (QED) is 0.377. The minimum Gasteiger partial charge on any atom is -0.478 e. The molecule has 0 bridgehead atoms. The van der Waals surface area contributed by atoms with Crippen molar-refractivity contribution >= 4 is 17.6 Å². The molecule has 120 valence electrons. The number of ether oxygens (including phenoxy) is 1. The number of nitro benzene ring substituents is 1. The molecule has 1 rings (SSSR count).